The van der Waals surface area contributed by atoms with Crippen molar-refractivity contribution in [2.24, 2.45) is 11.8 Å². The van der Waals surface area contributed by atoms with Gasteiger partial charge in [0.15, 0.2) is 17.5 Å². The molecule has 0 spiro atoms. The van der Waals surface area contributed by atoms with Gasteiger partial charge in [-0.15, -0.1) is 0 Å². The van der Waals surface area contributed by atoms with Gasteiger partial charge in [0.25, 0.3) is 0 Å². The summed E-state index contributed by atoms with van der Waals surface area (Å²) in [7, 11) is 0. The molecule has 0 amide bonds. The molecule has 2 aromatic carbocycles. The Morgan fingerprint density at radius 2 is 1.22 bits per heavy atom. The Hall–Kier alpha value is -1.77. The fourth-order valence-corrected chi connectivity index (χ4v) is 5.12. The van der Waals surface area contributed by atoms with E-state index in [1.165, 1.54) is 63.4 Å². The van der Waals surface area contributed by atoms with E-state index in [1.54, 1.807) is 0 Å². The van der Waals surface area contributed by atoms with E-state index in [-0.39, 0.29) is 0 Å². The third kappa shape index (κ3) is 4.23. The minimum Gasteiger partial charge on any atom is -0.204 e. The molecule has 0 aromatic heterocycles. The lowest BCUT2D eigenvalue weighted by Gasteiger charge is -2.30. The van der Waals surface area contributed by atoms with Gasteiger partial charge in [0.1, 0.15) is 0 Å². The maximum absolute atomic E-state index is 13.5. The Morgan fingerprint density at radius 3 is 1.81 bits per heavy atom. The summed E-state index contributed by atoms with van der Waals surface area (Å²) >= 11 is 0. The zero-order chi connectivity index (χ0) is 18.8. The Labute approximate surface area is 159 Å². The summed E-state index contributed by atoms with van der Waals surface area (Å²) in [6, 6.07) is 10.0. The Kier molecular flexibility index (Phi) is 5.56. The van der Waals surface area contributed by atoms with Crippen molar-refractivity contribution >= 4 is 0 Å². The first kappa shape index (κ1) is 18.6. The second-order valence-electron chi connectivity index (χ2n) is 8.48. The fourth-order valence-electron chi connectivity index (χ4n) is 5.12. The van der Waals surface area contributed by atoms with E-state index in [9.17, 15) is 13.2 Å². The molecule has 2 aliphatic carbocycles. The lowest BCUT2D eigenvalue weighted by molar-refractivity contribution is 0.270. The third-order valence-corrected chi connectivity index (χ3v) is 6.69. The maximum atomic E-state index is 13.5. The van der Waals surface area contributed by atoms with E-state index in [0.29, 0.717) is 17.0 Å². The fraction of sp³-hybridized carbons (Fsp3) is 0.500. The SMILES string of the molecule is Fc1cc(-c2ccc([C@H]3CC[C@H](CC4CCCC4)CC3)cc2)cc(F)c1F. The summed E-state index contributed by atoms with van der Waals surface area (Å²) in [5, 5.41) is 0. The van der Waals surface area contributed by atoms with Crippen LogP contribution in [0.15, 0.2) is 36.4 Å². The van der Waals surface area contributed by atoms with Gasteiger partial charge >= 0.3 is 0 Å². The van der Waals surface area contributed by atoms with E-state index in [2.05, 4.69) is 12.1 Å². The highest BCUT2D eigenvalue weighted by Crippen LogP contribution is 2.41. The molecule has 2 saturated carbocycles. The van der Waals surface area contributed by atoms with Gasteiger partial charge in [-0.3, -0.25) is 0 Å². The van der Waals surface area contributed by atoms with Crippen molar-refractivity contribution in [3.05, 3.63) is 59.4 Å². The Balaban J connectivity index is 1.38. The first-order chi connectivity index (χ1) is 13.1. The summed E-state index contributed by atoms with van der Waals surface area (Å²) < 4.78 is 40.1. The van der Waals surface area contributed by atoms with Gasteiger partial charge in [-0.05, 0) is 78.7 Å². The van der Waals surface area contributed by atoms with Crippen LogP contribution in [0.25, 0.3) is 11.1 Å². The molecule has 0 nitrogen and oxygen atoms in total. The van der Waals surface area contributed by atoms with Crippen molar-refractivity contribution in [3.8, 4) is 11.1 Å². The molecule has 2 fully saturated rings. The molecule has 0 atom stereocenters. The van der Waals surface area contributed by atoms with Crippen molar-refractivity contribution < 1.29 is 13.2 Å². The topological polar surface area (TPSA) is 0 Å². The highest BCUT2D eigenvalue weighted by atomic mass is 19.2. The van der Waals surface area contributed by atoms with Crippen LogP contribution in [-0.2, 0) is 0 Å². The van der Waals surface area contributed by atoms with Gasteiger partial charge in [0.2, 0.25) is 0 Å². The Bertz CT molecular complexity index is 744. The number of rotatable bonds is 4. The summed E-state index contributed by atoms with van der Waals surface area (Å²) in [6.07, 6.45) is 12.2. The van der Waals surface area contributed by atoms with E-state index < -0.39 is 17.5 Å². The van der Waals surface area contributed by atoms with Crippen LogP contribution in [0.5, 0.6) is 0 Å². The largest absolute Gasteiger partial charge is 0.204 e. The van der Waals surface area contributed by atoms with Gasteiger partial charge in [0.05, 0.1) is 0 Å². The van der Waals surface area contributed by atoms with Gasteiger partial charge < -0.3 is 0 Å². The van der Waals surface area contributed by atoms with Crippen LogP contribution < -0.4 is 0 Å². The van der Waals surface area contributed by atoms with Crippen LogP contribution in [0.2, 0.25) is 0 Å². The molecule has 0 N–H and O–H groups in total. The lowest BCUT2D eigenvalue weighted by atomic mass is 9.75. The first-order valence-electron chi connectivity index (χ1n) is 10.3. The summed E-state index contributed by atoms with van der Waals surface area (Å²) in [5.41, 5.74) is 2.39. The van der Waals surface area contributed by atoms with Gasteiger partial charge in [-0.2, -0.15) is 0 Å². The molecule has 0 aliphatic heterocycles. The van der Waals surface area contributed by atoms with Crippen LogP contribution in [0, 0.1) is 29.3 Å². The second kappa shape index (κ2) is 8.08. The number of hydrogen-bond acceptors (Lipinski definition) is 0. The van der Waals surface area contributed by atoms with E-state index >= 15 is 0 Å². The molecule has 0 bridgehead atoms. The average Bonchev–Trinajstić information content (AvgIpc) is 3.19. The molecule has 2 aliphatic rings. The van der Waals surface area contributed by atoms with Crippen LogP contribution in [-0.4, -0.2) is 0 Å². The molecule has 144 valence electrons. The van der Waals surface area contributed by atoms with E-state index in [4.69, 9.17) is 0 Å². The molecule has 0 unspecified atom stereocenters. The van der Waals surface area contributed by atoms with Crippen LogP contribution in [0.3, 0.4) is 0 Å². The standard InChI is InChI=1S/C24H27F3/c25-22-14-21(15-23(26)24(22)27)20-11-9-19(10-12-20)18-7-5-17(6-8-18)13-16-3-1-2-4-16/h9-12,14-18H,1-8,13H2/t17-,18-. The van der Waals surface area contributed by atoms with Crippen LogP contribution in [0.1, 0.15) is 69.3 Å². The van der Waals surface area contributed by atoms with Gasteiger partial charge in [-0.1, -0.05) is 49.9 Å². The van der Waals surface area contributed by atoms with Crippen LogP contribution >= 0.6 is 0 Å². The normalized spacial score (nSPS) is 23.7. The lowest BCUT2D eigenvalue weighted by Crippen LogP contribution is -2.15. The molecule has 0 saturated heterocycles. The third-order valence-electron chi connectivity index (χ3n) is 6.69. The van der Waals surface area contributed by atoms with E-state index in [0.717, 1.165) is 24.0 Å². The van der Waals surface area contributed by atoms with Crippen molar-refractivity contribution in [2.75, 3.05) is 0 Å². The van der Waals surface area contributed by atoms with Crippen molar-refractivity contribution in [3.63, 3.8) is 0 Å². The van der Waals surface area contributed by atoms with E-state index in [1.807, 2.05) is 12.1 Å². The molecule has 4 rings (SSSR count). The van der Waals surface area contributed by atoms with Gasteiger partial charge in [0, 0.05) is 0 Å². The van der Waals surface area contributed by atoms with Crippen LogP contribution in [0.4, 0.5) is 13.2 Å². The van der Waals surface area contributed by atoms with Gasteiger partial charge in [-0.25, -0.2) is 13.2 Å². The first-order valence-corrected chi connectivity index (χ1v) is 10.3. The van der Waals surface area contributed by atoms with Crippen molar-refractivity contribution in [1.29, 1.82) is 0 Å². The zero-order valence-corrected chi connectivity index (χ0v) is 15.7. The molecule has 27 heavy (non-hydrogen) atoms. The zero-order valence-electron chi connectivity index (χ0n) is 15.7. The predicted molar refractivity (Wildman–Crippen MR) is 103 cm³/mol. The van der Waals surface area contributed by atoms with Crippen molar-refractivity contribution in [1.82, 2.24) is 0 Å². The molecule has 0 radical (unpaired) electrons. The summed E-state index contributed by atoms with van der Waals surface area (Å²) in [4.78, 5) is 0. The molecular weight excluding hydrogens is 345 g/mol. The van der Waals surface area contributed by atoms with Crippen molar-refractivity contribution in [2.45, 2.75) is 63.7 Å². The molecule has 2 aromatic rings. The smallest absolute Gasteiger partial charge is 0.194 e. The maximum Gasteiger partial charge on any atom is 0.194 e. The minimum absolute atomic E-state index is 0.373. The number of benzene rings is 2. The summed E-state index contributed by atoms with van der Waals surface area (Å²) in [6.45, 7) is 0. The summed E-state index contributed by atoms with van der Waals surface area (Å²) in [5.74, 6) is -1.24. The number of hydrogen-bond donors (Lipinski definition) is 0. The Morgan fingerprint density at radius 1 is 0.667 bits per heavy atom. The second-order valence-corrected chi connectivity index (χ2v) is 8.48. The highest BCUT2D eigenvalue weighted by Gasteiger charge is 2.26. The average molecular weight is 372 g/mol. The molecule has 3 heteroatoms. The monoisotopic (exact) mass is 372 g/mol. The molecule has 0 heterocycles. The number of halogens is 3. The minimum atomic E-state index is -1.41. The predicted octanol–water partition coefficient (Wildman–Crippen LogP) is 7.63. The highest BCUT2D eigenvalue weighted by molar-refractivity contribution is 5.64. The molecular formula is C24H27F3. The quantitative estimate of drug-likeness (QED) is 0.484.